The van der Waals surface area contributed by atoms with E-state index in [1.165, 1.54) is 18.4 Å². The average Bonchev–Trinajstić information content (AvgIpc) is 3.07. The first-order valence-corrected chi connectivity index (χ1v) is 7.32. The molecule has 1 aromatic rings. The number of benzene rings is 1. The molecule has 1 atom stereocenters. The topological polar surface area (TPSA) is 12.0 Å². The molecule has 2 rings (SSSR count). The van der Waals surface area contributed by atoms with Gasteiger partial charge < -0.3 is 5.32 Å². The van der Waals surface area contributed by atoms with Crippen LogP contribution in [-0.2, 0) is 0 Å². The Morgan fingerprint density at radius 1 is 1.29 bits per heavy atom. The van der Waals surface area contributed by atoms with Crippen LogP contribution in [0.3, 0.4) is 0 Å². The predicted molar refractivity (Wildman–Crippen MR) is 77.1 cm³/mol. The van der Waals surface area contributed by atoms with Crippen molar-refractivity contribution in [3.05, 3.63) is 34.3 Å². The molecule has 1 N–H and O–H groups in total. The molecule has 1 unspecified atom stereocenters. The first kappa shape index (κ1) is 13.1. The van der Waals surface area contributed by atoms with Gasteiger partial charge in [-0.1, -0.05) is 41.9 Å². The van der Waals surface area contributed by atoms with Crippen LogP contribution in [0.4, 0.5) is 0 Å². The van der Waals surface area contributed by atoms with Gasteiger partial charge in [0, 0.05) is 17.1 Å². The highest BCUT2D eigenvalue weighted by Crippen LogP contribution is 2.51. The molecule has 2 heteroatoms. The molecule has 0 amide bonds. The van der Waals surface area contributed by atoms with Crippen molar-refractivity contribution in [2.75, 3.05) is 6.54 Å². The van der Waals surface area contributed by atoms with Crippen molar-refractivity contribution in [3.63, 3.8) is 0 Å². The largest absolute Gasteiger partial charge is 0.310 e. The SMILES string of the molecule is CC(NCC1(C(C)C)CC1)c1cccc(Br)c1. The maximum absolute atomic E-state index is 3.69. The van der Waals surface area contributed by atoms with Crippen LogP contribution in [0, 0.1) is 11.3 Å². The van der Waals surface area contributed by atoms with Crippen LogP contribution in [0.2, 0.25) is 0 Å². The molecule has 94 valence electrons. The molecular formula is C15H22BrN. The fourth-order valence-corrected chi connectivity index (χ4v) is 2.79. The smallest absolute Gasteiger partial charge is 0.0292 e. The Hall–Kier alpha value is -0.340. The van der Waals surface area contributed by atoms with Crippen LogP contribution in [0.15, 0.2) is 28.7 Å². The zero-order valence-corrected chi connectivity index (χ0v) is 12.5. The second-order valence-corrected chi connectivity index (χ2v) is 6.59. The van der Waals surface area contributed by atoms with Crippen molar-refractivity contribution in [3.8, 4) is 0 Å². The second kappa shape index (κ2) is 5.11. The van der Waals surface area contributed by atoms with Crippen LogP contribution in [-0.4, -0.2) is 6.54 Å². The third kappa shape index (κ3) is 3.11. The first-order chi connectivity index (χ1) is 8.03. The molecule has 17 heavy (non-hydrogen) atoms. The van der Waals surface area contributed by atoms with Gasteiger partial charge in [0.1, 0.15) is 0 Å². The number of rotatable bonds is 5. The fourth-order valence-electron chi connectivity index (χ4n) is 2.37. The Kier molecular flexibility index (Phi) is 3.94. The lowest BCUT2D eigenvalue weighted by molar-refractivity contribution is 0.325. The minimum atomic E-state index is 0.434. The monoisotopic (exact) mass is 295 g/mol. The average molecular weight is 296 g/mol. The van der Waals surface area contributed by atoms with E-state index in [1.807, 2.05) is 0 Å². The highest BCUT2D eigenvalue weighted by molar-refractivity contribution is 9.10. The van der Waals surface area contributed by atoms with Gasteiger partial charge in [-0.3, -0.25) is 0 Å². The van der Waals surface area contributed by atoms with Crippen molar-refractivity contribution < 1.29 is 0 Å². The normalized spacial score (nSPS) is 19.4. The summed E-state index contributed by atoms with van der Waals surface area (Å²) in [6.45, 7) is 8.09. The number of hydrogen-bond donors (Lipinski definition) is 1. The molecule has 0 bridgehead atoms. The van der Waals surface area contributed by atoms with E-state index in [4.69, 9.17) is 0 Å². The van der Waals surface area contributed by atoms with Crippen molar-refractivity contribution in [2.24, 2.45) is 11.3 Å². The molecule has 1 aliphatic carbocycles. The summed E-state index contributed by atoms with van der Waals surface area (Å²) in [5.41, 5.74) is 1.94. The molecule has 0 heterocycles. The van der Waals surface area contributed by atoms with Gasteiger partial charge in [0.15, 0.2) is 0 Å². The number of halogens is 1. The Balaban J connectivity index is 1.92. The molecule has 1 aromatic carbocycles. The minimum absolute atomic E-state index is 0.434. The first-order valence-electron chi connectivity index (χ1n) is 6.52. The molecule has 0 aromatic heterocycles. The Morgan fingerprint density at radius 3 is 2.53 bits per heavy atom. The standard InChI is InChI=1S/C15H22BrN/c1-11(2)15(7-8-15)10-17-12(3)13-5-4-6-14(16)9-13/h4-6,9,11-12,17H,7-8,10H2,1-3H3. The van der Waals surface area contributed by atoms with E-state index in [9.17, 15) is 0 Å². The molecule has 0 radical (unpaired) electrons. The van der Waals surface area contributed by atoms with Gasteiger partial charge in [-0.2, -0.15) is 0 Å². The van der Waals surface area contributed by atoms with Gasteiger partial charge >= 0.3 is 0 Å². The zero-order valence-electron chi connectivity index (χ0n) is 11.0. The molecule has 1 aliphatic rings. The van der Waals surface area contributed by atoms with Crippen molar-refractivity contribution in [1.82, 2.24) is 5.32 Å². The summed E-state index contributed by atoms with van der Waals surface area (Å²) < 4.78 is 1.16. The van der Waals surface area contributed by atoms with E-state index >= 15 is 0 Å². The van der Waals surface area contributed by atoms with Gasteiger partial charge in [-0.15, -0.1) is 0 Å². The van der Waals surface area contributed by atoms with E-state index < -0.39 is 0 Å². The number of nitrogens with one attached hydrogen (secondary N) is 1. The molecule has 1 nitrogen and oxygen atoms in total. The van der Waals surface area contributed by atoms with Crippen LogP contribution in [0.5, 0.6) is 0 Å². The quantitative estimate of drug-likeness (QED) is 0.841. The zero-order chi connectivity index (χ0) is 12.5. The van der Waals surface area contributed by atoms with Gasteiger partial charge in [-0.25, -0.2) is 0 Å². The molecule has 1 fully saturated rings. The van der Waals surface area contributed by atoms with E-state index in [2.05, 4.69) is 66.3 Å². The van der Waals surface area contributed by atoms with Crippen LogP contribution in [0.25, 0.3) is 0 Å². The van der Waals surface area contributed by atoms with Crippen LogP contribution in [0.1, 0.15) is 45.2 Å². The Bertz CT molecular complexity index is 382. The maximum atomic E-state index is 3.69. The third-order valence-electron chi connectivity index (χ3n) is 4.23. The lowest BCUT2D eigenvalue weighted by Gasteiger charge is -2.23. The Morgan fingerprint density at radius 2 is 2.00 bits per heavy atom. The fraction of sp³-hybridized carbons (Fsp3) is 0.600. The molecular weight excluding hydrogens is 274 g/mol. The van der Waals surface area contributed by atoms with Crippen molar-refractivity contribution >= 4 is 15.9 Å². The van der Waals surface area contributed by atoms with E-state index in [0.717, 1.165) is 16.9 Å². The van der Waals surface area contributed by atoms with Gasteiger partial charge in [0.05, 0.1) is 0 Å². The van der Waals surface area contributed by atoms with Crippen LogP contribution < -0.4 is 5.32 Å². The molecule has 0 spiro atoms. The lowest BCUT2D eigenvalue weighted by atomic mass is 9.92. The van der Waals surface area contributed by atoms with Gasteiger partial charge in [0.25, 0.3) is 0 Å². The molecule has 0 aliphatic heterocycles. The summed E-state index contributed by atoms with van der Waals surface area (Å²) in [6.07, 6.45) is 2.78. The maximum Gasteiger partial charge on any atom is 0.0292 e. The van der Waals surface area contributed by atoms with Crippen molar-refractivity contribution in [1.29, 1.82) is 0 Å². The summed E-state index contributed by atoms with van der Waals surface area (Å²) >= 11 is 3.53. The van der Waals surface area contributed by atoms with Gasteiger partial charge in [0.2, 0.25) is 0 Å². The summed E-state index contributed by atoms with van der Waals surface area (Å²) in [6, 6.07) is 9.01. The summed E-state index contributed by atoms with van der Waals surface area (Å²) in [7, 11) is 0. The van der Waals surface area contributed by atoms with E-state index in [0.29, 0.717) is 11.5 Å². The Labute approximate surface area is 113 Å². The summed E-state index contributed by atoms with van der Waals surface area (Å²) in [5, 5.41) is 3.69. The number of hydrogen-bond acceptors (Lipinski definition) is 1. The van der Waals surface area contributed by atoms with Crippen molar-refractivity contribution in [2.45, 2.75) is 39.7 Å². The van der Waals surface area contributed by atoms with E-state index in [-0.39, 0.29) is 0 Å². The van der Waals surface area contributed by atoms with E-state index in [1.54, 1.807) is 0 Å². The third-order valence-corrected chi connectivity index (χ3v) is 4.72. The van der Waals surface area contributed by atoms with Crippen LogP contribution >= 0.6 is 15.9 Å². The van der Waals surface area contributed by atoms with Gasteiger partial charge in [-0.05, 0) is 48.8 Å². The minimum Gasteiger partial charge on any atom is -0.310 e. The summed E-state index contributed by atoms with van der Waals surface area (Å²) in [5.74, 6) is 0.796. The second-order valence-electron chi connectivity index (χ2n) is 5.67. The highest BCUT2D eigenvalue weighted by atomic mass is 79.9. The summed E-state index contributed by atoms with van der Waals surface area (Å²) in [4.78, 5) is 0. The highest BCUT2D eigenvalue weighted by Gasteiger charge is 2.44. The predicted octanol–water partition coefficient (Wildman–Crippen LogP) is 4.54. The molecule has 0 saturated heterocycles. The lowest BCUT2D eigenvalue weighted by Crippen LogP contribution is -2.29. The molecule has 1 saturated carbocycles.